The Balaban J connectivity index is 2.45. The molecule has 0 heterocycles. The standard InChI is InChI=1S/C15H29NO2/c1-14(2,3)15(4,5)18-13(17)16-12-10-8-6-7-9-11-12/h12H,6-11H2,1-5H3,(H,16,17). The van der Waals surface area contributed by atoms with E-state index in [9.17, 15) is 4.79 Å². The normalized spacial score (nSPS) is 19.2. The second-order valence-corrected chi connectivity index (χ2v) is 6.98. The molecule has 1 rings (SSSR count). The maximum Gasteiger partial charge on any atom is 0.407 e. The number of carbonyl (C=O) groups is 1. The first-order valence-electron chi connectivity index (χ1n) is 7.22. The second-order valence-electron chi connectivity index (χ2n) is 6.98. The fourth-order valence-corrected chi connectivity index (χ4v) is 2.00. The Morgan fingerprint density at radius 2 is 1.50 bits per heavy atom. The lowest BCUT2D eigenvalue weighted by Gasteiger charge is -2.38. The van der Waals surface area contributed by atoms with Gasteiger partial charge in [-0.2, -0.15) is 0 Å². The minimum absolute atomic E-state index is 0.0617. The van der Waals surface area contributed by atoms with E-state index in [0.717, 1.165) is 12.8 Å². The van der Waals surface area contributed by atoms with Gasteiger partial charge in [-0.25, -0.2) is 4.79 Å². The molecular weight excluding hydrogens is 226 g/mol. The summed E-state index contributed by atoms with van der Waals surface area (Å²) < 4.78 is 5.60. The summed E-state index contributed by atoms with van der Waals surface area (Å²) in [6.07, 6.45) is 6.93. The number of ether oxygens (including phenoxy) is 1. The summed E-state index contributed by atoms with van der Waals surface area (Å²) in [4.78, 5) is 12.0. The van der Waals surface area contributed by atoms with Gasteiger partial charge in [0.2, 0.25) is 0 Å². The molecule has 3 nitrogen and oxygen atoms in total. The molecule has 1 fully saturated rings. The Hall–Kier alpha value is -0.730. The van der Waals surface area contributed by atoms with Crippen LogP contribution in [0.4, 0.5) is 4.79 Å². The fourth-order valence-electron chi connectivity index (χ4n) is 2.00. The Morgan fingerprint density at radius 3 is 1.94 bits per heavy atom. The number of hydrogen-bond donors (Lipinski definition) is 1. The van der Waals surface area contributed by atoms with Gasteiger partial charge in [0.05, 0.1) is 0 Å². The van der Waals surface area contributed by atoms with Gasteiger partial charge in [-0.15, -0.1) is 0 Å². The van der Waals surface area contributed by atoms with Crippen molar-refractivity contribution in [1.29, 1.82) is 0 Å². The van der Waals surface area contributed by atoms with Crippen molar-refractivity contribution >= 4 is 6.09 Å². The first-order chi connectivity index (χ1) is 8.22. The molecule has 1 aliphatic rings. The zero-order valence-electron chi connectivity index (χ0n) is 12.6. The van der Waals surface area contributed by atoms with Crippen LogP contribution in [0.3, 0.4) is 0 Å². The van der Waals surface area contributed by atoms with E-state index in [4.69, 9.17) is 4.74 Å². The van der Waals surface area contributed by atoms with Gasteiger partial charge >= 0.3 is 6.09 Å². The molecule has 0 unspecified atom stereocenters. The first kappa shape index (κ1) is 15.3. The molecule has 3 heteroatoms. The molecule has 1 aliphatic carbocycles. The lowest BCUT2D eigenvalue weighted by molar-refractivity contribution is -0.0405. The van der Waals surface area contributed by atoms with Crippen molar-refractivity contribution in [3.8, 4) is 0 Å². The molecule has 1 amide bonds. The molecule has 1 N–H and O–H groups in total. The number of hydrogen-bond acceptors (Lipinski definition) is 2. The third-order valence-corrected chi connectivity index (χ3v) is 4.33. The maximum absolute atomic E-state index is 12.0. The Morgan fingerprint density at radius 1 is 1.00 bits per heavy atom. The van der Waals surface area contributed by atoms with Gasteiger partial charge in [0.1, 0.15) is 5.60 Å². The lowest BCUT2D eigenvalue weighted by atomic mass is 9.79. The van der Waals surface area contributed by atoms with Crippen LogP contribution in [0.25, 0.3) is 0 Å². The molecule has 18 heavy (non-hydrogen) atoms. The van der Waals surface area contributed by atoms with Gasteiger partial charge in [0.25, 0.3) is 0 Å². The van der Waals surface area contributed by atoms with Crippen molar-refractivity contribution in [1.82, 2.24) is 5.32 Å². The average Bonchev–Trinajstić information content (AvgIpc) is 2.43. The minimum Gasteiger partial charge on any atom is -0.443 e. The molecule has 1 saturated carbocycles. The van der Waals surface area contributed by atoms with Gasteiger partial charge in [0.15, 0.2) is 0 Å². The highest BCUT2D eigenvalue weighted by Crippen LogP contribution is 2.33. The largest absolute Gasteiger partial charge is 0.443 e. The van der Waals surface area contributed by atoms with Crippen molar-refractivity contribution in [2.75, 3.05) is 0 Å². The highest BCUT2D eigenvalue weighted by molar-refractivity contribution is 5.68. The molecule has 0 aromatic carbocycles. The highest BCUT2D eigenvalue weighted by atomic mass is 16.6. The molecule has 0 bridgehead atoms. The van der Waals surface area contributed by atoms with Crippen LogP contribution in [-0.2, 0) is 4.74 Å². The molecular formula is C15H29NO2. The van der Waals surface area contributed by atoms with E-state index in [0.29, 0.717) is 6.04 Å². The summed E-state index contributed by atoms with van der Waals surface area (Å²) >= 11 is 0. The molecule has 0 radical (unpaired) electrons. The Labute approximate surface area is 112 Å². The summed E-state index contributed by atoms with van der Waals surface area (Å²) in [5, 5.41) is 3.03. The number of alkyl carbamates (subject to hydrolysis) is 1. The van der Waals surface area contributed by atoms with E-state index in [2.05, 4.69) is 26.1 Å². The van der Waals surface area contributed by atoms with Crippen molar-refractivity contribution < 1.29 is 9.53 Å². The van der Waals surface area contributed by atoms with E-state index in [-0.39, 0.29) is 11.5 Å². The summed E-state index contributed by atoms with van der Waals surface area (Å²) in [5.74, 6) is 0. The van der Waals surface area contributed by atoms with Crippen molar-refractivity contribution in [2.45, 2.75) is 84.8 Å². The summed E-state index contributed by atoms with van der Waals surface area (Å²) in [6, 6.07) is 0.302. The molecule has 0 aromatic rings. The summed E-state index contributed by atoms with van der Waals surface area (Å²) in [5.41, 5.74) is -0.518. The fraction of sp³-hybridized carbons (Fsp3) is 0.933. The maximum atomic E-state index is 12.0. The topological polar surface area (TPSA) is 38.3 Å². The predicted molar refractivity (Wildman–Crippen MR) is 74.6 cm³/mol. The number of carbonyl (C=O) groups excluding carboxylic acids is 1. The van der Waals surface area contributed by atoms with Gasteiger partial charge in [-0.1, -0.05) is 46.5 Å². The molecule has 0 atom stereocenters. The van der Waals surface area contributed by atoms with Crippen molar-refractivity contribution in [3.63, 3.8) is 0 Å². The molecule has 106 valence electrons. The molecule has 0 spiro atoms. The monoisotopic (exact) mass is 255 g/mol. The van der Waals surface area contributed by atoms with Crippen LogP contribution in [0.5, 0.6) is 0 Å². The SMILES string of the molecule is CC(C)(C)C(C)(C)OC(=O)NC1CCCCCC1. The summed E-state index contributed by atoms with van der Waals surface area (Å²) in [7, 11) is 0. The van der Waals surface area contributed by atoms with Crippen molar-refractivity contribution in [3.05, 3.63) is 0 Å². The highest BCUT2D eigenvalue weighted by Gasteiger charge is 2.36. The van der Waals surface area contributed by atoms with Crippen LogP contribution in [0.1, 0.15) is 73.1 Å². The second kappa shape index (κ2) is 5.94. The van der Waals surface area contributed by atoms with E-state index >= 15 is 0 Å². The van der Waals surface area contributed by atoms with Crippen LogP contribution in [0.15, 0.2) is 0 Å². The van der Waals surface area contributed by atoms with Gasteiger partial charge < -0.3 is 10.1 Å². The zero-order chi connectivity index (χ0) is 13.8. The van der Waals surface area contributed by atoms with Crippen LogP contribution < -0.4 is 5.32 Å². The third kappa shape index (κ3) is 4.51. The first-order valence-corrected chi connectivity index (χ1v) is 7.22. The Bertz CT molecular complexity index is 271. The van der Waals surface area contributed by atoms with Gasteiger partial charge in [-0.05, 0) is 26.7 Å². The van der Waals surface area contributed by atoms with E-state index in [1.54, 1.807) is 0 Å². The molecule has 0 aromatic heterocycles. The Kier molecular flexibility index (Phi) is 5.06. The quantitative estimate of drug-likeness (QED) is 0.749. The lowest BCUT2D eigenvalue weighted by Crippen LogP contribution is -2.46. The van der Waals surface area contributed by atoms with Gasteiger partial charge in [-0.3, -0.25) is 0 Å². The zero-order valence-corrected chi connectivity index (χ0v) is 12.6. The number of rotatable bonds is 2. The van der Waals surface area contributed by atoms with E-state index in [1.807, 2.05) is 13.8 Å². The average molecular weight is 255 g/mol. The van der Waals surface area contributed by atoms with Crippen LogP contribution in [-0.4, -0.2) is 17.7 Å². The van der Waals surface area contributed by atoms with E-state index in [1.165, 1.54) is 25.7 Å². The predicted octanol–water partition coefficient (Wildman–Crippen LogP) is 4.26. The van der Waals surface area contributed by atoms with Crippen molar-refractivity contribution in [2.24, 2.45) is 5.41 Å². The number of amides is 1. The summed E-state index contributed by atoms with van der Waals surface area (Å²) in [6.45, 7) is 10.2. The van der Waals surface area contributed by atoms with Gasteiger partial charge in [0, 0.05) is 11.5 Å². The van der Waals surface area contributed by atoms with Crippen LogP contribution in [0.2, 0.25) is 0 Å². The minimum atomic E-state index is -0.457. The number of nitrogens with one attached hydrogen (secondary N) is 1. The molecule has 0 aliphatic heterocycles. The molecule has 0 saturated heterocycles. The van der Waals surface area contributed by atoms with Crippen LogP contribution in [0, 0.1) is 5.41 Å². The smallest absolute Gasteiger partial charge is 0.407 e. The van der Waals surface area contributed by atoms with Crippen LogP contribution >= 0.6 is 0 Å². The van der Waals surface area contributed by atoms with E-state index < -0.39 is 5.60 Å². The third-order valence-electron chi connectivity index (χ3n) is 4.33.